The molecule has 1 aromatic heterocycles. The molecule has 164 valence electrons. The van der Waals surface area contributed by atoms with Crippen LogP contribution in [0.25, 0.3) is 11.1 Å². The summed E-state index contributed by atoms with van der Waals surface area (Å²) in [7, 11) is 0. The van der Waals surface area contributed by atoms with Crippen molar-refractivity contribution >= 4 is 17.8 Å². The average molecular weight is 432 g/mol. The van der Waals surface area contributed by atoms with Crippen LogP contribution < -0.4 is 5.32 Å². The van der Waals surface area contributed by atoms with Gasteiger partial charge in [0.2, 0.25) is 0 Å². The molecule has 0 aliphatic heterocycles. The summed E-state index contributed by atoms with van der Waals surface area (Å²) in [4.78, 5) is 39.1. The number of carboxylic acids is 2. The number of hydrogen-bond donors (Lipinski definition) is 3. The van der Waals surface area contributed by atoms with Crippen LogP contribution in [0.2, 0.25) is 0 Å². The quantitative estimate of drug-likeness (QED) is 0.472. The second-order valence-corrected chi connectivity index (χ2v) is 7.63. The van der Waals surface area contributed by atoms with E-state index < -0.39 is 29.8 Å². The summed E-state index contributed by atoms with van der Waals surface area (Å²) in [6, 6.07) is 21.5. The Bertz CT molecular complexity index is 1100. The Morgan fingerprint density at radius 1 is 0.844 bits per heavy atom. The fraction of sp³-hybridized carbons (Fsp3) is 0.200. The van der Waals surface area contributed by atoms with Crippen molar-refractivity contribution in [3.05, 3.63) is 89.7 Å². The van der Waals surface area contributed by atoms with Gasteiger partial charge in [-0.15, -0.1) is 0 Å². The highest BCUT2D eigenvalue weighted by atomic mass is 16.4. The SMILES string of the molecule is CC(CC(Cc1ccc(-c2ccccc2)cc1)NC(=O)c1cccc(C(=O)O)n1)C(=O)O. The van der Waals surface area contributed by atoms with Crippen LogP contribution in [0.3, 0.4) is 0 Å². The maximum Gasteiger partial charge on any atom is 0.354 e. The van der Waals surface area contributed by atoms with Crippen molar-refractivity contribution in [2.24, 2.45) is 5.92 Å². The van der Waals surface area contributed by atoms with Gasteiger partial charge in [0.15, 0.2) is 0 Å². The highest BCUT2D eigenvalue weighted by molar-refractivity contribution is 5.94. The summed E-state index contributed by atoms with van der Waals surface area (Å²) >= 11 is 0. The zero-order chi connectivity index (χ0) is 23.1. The number of amides is 1. The van der Waals surface area contributed by atoms with Gasteiger partial charge in [0.05, 0.1) is 5.92 Å². The molecule has 7 heteroatoms. The first kappa shape index (κ1) is 22.7. The Morgan fingerprint density at radius 2 is 1.47 bits per heavy atom. The lowest BCUT2D eigenvalue weighted by atomic mass is 9.95. The average Bonchev–Trinajstić information content (AvgIpc) is 2.80. The number of nitrogens with zero attached hydrogens (tertiary/aromatic N) is 1. The summed E-state index contributed by atoms with van der Waals surface area (Å²) in [5, 5.41) is 21.2. The minimum Gasteiger partial charge on any atom is -0.481 e. The topological polar surface area (TPSA) is 117 Å². The predicted octanol–water partition coefficient (Wildman–Crippen LogP) is 3.90. The van der Waals surface area contributed by atoms with E-state index in [1.165, 1.54) is 18.2 Å². The molecular weight excluding hydrogens is 408 g/mol. The standard InChI is InChI=1S/C25H24N2O5/c1-16(24(29)30)14-20(26-23(28)21-8-5-9-22(27-21)25(31)32)15-17-10-12-19(13-11-17)18-6-3-2-4-7-18/h2-13,16,20H,14-15H2,1H3,(H,26,28)(H,29,30)(H,31,32). The molecule has 0 radical (unpaired) electrons. The maximum absolute atomic E-state index is 12.7. The summed E-state index contributed by atoms with van der Waals surface area (Å²) < 4.78 is 0. The van der Waals surface area contributed by atoms with Gasteiger partial charge in [0.1, 0.15) is 11.4 Å². The molecule has 0 saturated carbocycles. The molecule has 2 unspecified atom stereocenters. The molecule has 0 spiro atoms. The van der Waals surface area contributed by atoms with Gasteiger partial charge < -0.3 is 15.5 Å². The van der Waals surface area contributed by atoms with E-state index in [1.54, 1.807) is 6.92 Å². The van der Waals surface area contributed by atoms with Crippen molar-refractivity contribution in [3.8, 4) is 11.1 Å². The number of carboxylic acid groups (broad SMARTS) is 2. The van der Waals surface area contributed by atoms with Gasteiger partial charge in [-0.05, 0) is 41.7 Å². The number of nitrogens with one attached hydrogen (secondary N) is 1. The molecule has 3 rings (SSSR count). The van der Waals surface area contributed by atoms with Crippen LogP contribution in [0.5, 0.6) is 0 Å². The minimum absolute atomic E-state index is 0.0303. The lowest BCUT2D eigenvalue weighted by Crippen LogP contribution is -2.39. The third-order valence-electron chi connectivity index (χ3n) is 5.14. The van der Waals surface area contributed by atoms with Crippen molar-refractivity contribution in [1.82, 2.24) is 10.3 Å². The molecule has 7 nitrogen and oxygen atoms in total. The molecule has 1 amide bonds. The molecule has 3 aromatic rings. The fourth-order valence-electron chi connectivity index (χ4n) is 3.41. The smallest absolute Gasteiger partial charge is 0.354 e. The number of hydrogen-bond acceptors (Lipinski definition) is 4. The molecule has 0 aliphatic rings. The lowest BCUT2D eigenvalue weighted by molar-refractivity contribution is -0.141. The number of carbonyl (C=O) groups is 3. The second-order valence-electron chi connectivity index (χ2n) is 7.63. The highest BCUT2D eigenvalue weighted by Crippen LogP contribution is 2.21. The highest BCUT2D eigenvalue weighted by Gasteiger charge is 2.22. The van der Waals surface area contributed by atoms with Gasteiger partial charge in [-0.25, -0.2) is 9.78 Å². The molecule has 3 N–H and O–H groups in total. The molecule has 0 aliphatic carbocycles. The minimum atomic E-state index is -1.23. The third kappa shape index (κ3) is 6.01. The van der Waals surface area contributed by atoms with E-state index >= 15 is 0 Å². The van der Waals surface area contributed by atoms with Crippen molar-refractivity contribution in [3.63, 3.8) is 0 Å². The number of carbonyl (C=O) groups excluding carboxylic acids is 1. The lowest BCUT2D eigenvalue weighted by Gasteiger charge is -2.21. The van der Waals surface area contributed by atoms with E-state index in [0.717, 1.165) is 16.7 Å². The van der Waals surface area contributed by atoms with E-state index in [1.807, 2.05) is 54.6 Å². The van der Waals surface area contributed by atoms with E-state index in [-0.39, 0.29) is 17.8 Å². The Labute approximate surface area is 185 Å². The first-order chi connectivity index (χ1) is 15.3. The van der Waals surface area contributed by atoms with E-state index in [4.69, 9.17) is 5.11 Å². The first-order valence-electron chi connectivity index (χ1n) is 10.2. The largest absolute Gasteiger partial charge is 0.481 e. The van der Waals surface area contributed by atoms with E-state index in [0.29, 0.717) is 6.42 Å². The normalized spacial score (nSPS) is 12.5. The Morgan fingerprint density at radius 3 is 2.09 bits per heavy atom. The molecule has 0 fully saturated rings. The van der Waals surface area contributed by atoms with Crippen LogP contribution in [-0.2, 0) is 11.2 Å². The van der Waals surface area contributed by atoms with Gasteiger partial charge in [0.25, 0.3) is 5.91 Å². The fourth-order valence-corrected chi connectivity index (χ4v) is 3.41. The maximum atomic E-state index is 12.7. The third-order valence-corrected chi connectivity index (χ3v) is 5.14. The Hall–Kier alpha value is -4.00. The summed E-state index contributed by atoms with van der Waals surface area (Å²) in [6.45, 7) is 1.59. The number of aliphatic carboxylic acids is 1. The van der Waals surface area contributed by atoms with Crippen LogP contribution >= 0.6 is 0 Å². The zero-order valence-corrected chi connectivity index (χ0v) is 17.6. The summed E-state index contributed by atoms with van der Waals surface area (Å²) in [6.07, 6.45) is 0.650. The monoisotopic (exact) mass is 432 g/mol. The summed E-state index contributed by atoms with van der Waals surface area (Å²) in [5.41, 5.74) is 2.83. The number of pyridine rings is 1. The van der Waals surface area contributed by atoms with Gasteiger partial charge in [0, 0.05) is 6.04 Å². The molecular formula is C25H24N2O5. The van der Waals surface area contributed by atoms with Crippen LogP contribution in [0.15, 0.2) is 72.8 Å². The molecule has 0 bridgehead atoms. The van der Waals surface area contributed by atoms with Gasteiger partial charge in [-0.1, -0.05) is 67.6 Å². The first-order valence-corrected chi connectivity index (χ1v) is 10.2. The molecule has 0 saturated heterocycles. The van der Waals surface area contributed by atoms with Crippen molar-refractivity contribution < 1.29 is 24.6 Å². The Kier molecular flexibility index (Phi) is 7.33. The van der Waals surface area contributed by atoms with Crippen LogP contribution in [-0.4, -0.2) is 39.1 Å². The van der Waals surface area contributed by atoms with Gasteiger partial charge in [-0.2, -0.15) is 0 Å². The van der Waals surface area contributed by atoms with Gasteiger partial charge in [-0.3, -0.25) is 9.59 Å². The van der Waals surface area contributed by atoms with E-state index in [2.05, 4.69) is 10.3 Å². The Balaban J connectivity index is 1.77. The molecule has 2 aromatic carbocycles. The van der Waals surface area contributed by atoms with Crippen LogP contribution in [0, 0.1) is 5.92 Å². The van der Waals surface area contributed by atoms with Gasteiger partial charge >= 0.3 is 11.9 Å². The number of benzene rings is 2. The number of rotatable bonds is 9. The number of aromatic carboxylic acids is 1. The predicted molar refractivity (Wildman–Crippen MR) is 119 cm³/mol. The van der Waals surface area contributed by atoms with E-state index in [9.17, 15) is 19.5 Å². The molecule has 32 heavy (non-hydrogen) atoms. The van der Waals surface area contributed by atoms with Crippen molar-refractivity contribution in [2.45, 2.75) is 25.8 Å². The van der Waals surface area contributed by atoms with Crippen LogP contribution in [0.4, 0.5) is 0 Å². The second kappa shape index (κ2) is 10.3. The zero-order valence-electron chi connectivity index (χ0n) is 17.6. The molecule has 1 heterocycles. The summed E-state index contributed by atoms with van der Waals surface area (Å²) in [5.74, 6) is -3.39. The molecule has 2 atom stereocenters. The van der Waals surface area contributed by atoms with Crippen LogP contribution in [0.1, 0.15) is 39.9 Å². The van der Waals surface area contributed by atoms with Crippen molar-refractivity contribution in [2.75, 3.05) is 0 Å². The van der Waals surface area contributed by atoms with Crippen molar-refractivity contribution in [1.29, 1.82) is 0 Å². The number of aromatic nitrogens is 1.